The fourth-order valence-electron chi connectivity index (χ4n) is 4.30. The highest BCUT2D eigenvalue weighted by molar-refractivity contribution is 7.99. The minimum atomic E-state index is -1.13. The number of aromatic hydroxyl groups is 1. The van der Waals surface area contributed by atoms with E-state index in [4.69, 9.17) is 4.74 Å². The predicted molar refractivity (Wildman–Crippen MR) is 174 cm³/mol. The summed E-state index contributed by atoms with van der Waals surface area (Å²) in [5, 5.41) is 20.8. The van der Waals surface area contributed by atoms with E-state index in [9.17, 15) is 24.3 Å². The average Bonchev–Trinajstić information content (AvgIpc) is 2.94. The van der Waals surface area contributed by atoms with Crippen LogP contribution in [0.4, 0.5) is 4.79 Å². The highest BCUT2D eigenvalue weighted by Gasteiger charge is 2.30. The van der Waals surface area contributed by atoms with Crippen molar-refractivity contribution >= 4 is 35.6 Å². The lowest BCUT2D eigenvalue weighted by atomic mass is 10.0. The smallest absolute Gasteiger partial charge is 0.408 e. The molecular weight excluding hydrogens is 580 g/mol. The van der Waals surface area contributed by atoms with Gasteiger partial charge in [-0.3, -0.25) is 19.7 Å². The maximum atomic E-state index is 13.6. The van der Waals surface area contributed by atoms with Crippen molar-refractivity contribution < 1.29 is 29.0 Å². The Labute approximate surface area is 265 Å². The second-order valence-electron chi connectivity index (χ2n) is 12.0. The number of phenolic OH excluding ortho intramolecular Hbond substituents is 1. The van der Waals surface area contributed by atoms with E-state index >= 15 is 0 Å². The molecule has 0 aliphatic rings. The maximum Gasteiger partial charge on any atom is 0.408 e. The lowest BCUT2D eigenvalue weighted by Crippen LogP contribution is -2.57. The maximum absolute atomic E-state index is 13.6. The number of hydrogen-bond acceptors (Lipinski definition) is 8. The van der Waals surface area contributed by atoms with Crippen LogP contribution in [0.5, 0.6) is 5.75 Å². The van der Waals surface area contributed by atoms with Gasteiger partial charge >= 0.3 is 6.09 Å². The number of carbonyl (C=O) groups excluding carboxylic acids is 4. The first kappa shape index (κ1) is 36.6. The molecule has 10 nitrogen and oxygen atoms in total. The number of ether oxygens (including phenoxy) is 1. The average molecular weight is 629 g/mol. The van der Waals surface area contributed by atoms with Gasteiger partial charge in [-0.2, -0.15) is 11.8 Å². The molecule has 0 fully saturated rings. The largest absolute Gasteiger partial charge is 0.508 e. The lowest BCUT2D eigenvalue weighted by Gasteiger charge is -2.26. The summed E-state index contributed by atoms with van der Waals surface area (Å²) in [6.45, 7) is 11.6. The van der Waals surface area contributed by atoms with Crippen LogP contribution in [0.15, 0.2) is 54.6 Å². The van der Waals surface area contributed by atoms with Crippen LogP contribution in [0.25, 0.3) is 0 Å². The first-order valence-electron chi connectivity index (χ1n) is 15.0. The van der Waals surface area contributed by atoms with Crippen molar-refractivity contribution in [3.63, 3.8) is 0 Å². The van der Waals surface area contributed by atoms with Crippen LogP contribution in [-0.4, -0.2) is 70.7 Å². The number of imide groups is 1. The van der Waals surface area contributed by atoms with Crippen molar-refractivity contribution in [1.29, 1.82) is 0 Å². The van der Waals surface area contributed by atoms with Crippen molar-refractivity contribution in [3.8, 4) is 5.75 Å². The van der Waals surface area contributed by atoms with Crippen LogP contribution in [0, 0.1) is 5.92 Å². The molecule has 44 heavy (non-hydrogen) atoms. The number of thioether (sulfide) groups is 1. The molecule has 3 atom stereocenters. The Hall–Kier alpha value is -3.57. The van der Waals surface area contributed by atoms with Crippen molar-refractivity contribution in [2.45, 2.75) is 84.5 Å². The number of phenols is 1. The second kappa shape index (κ2) is 18.3. The van der Waals surface area contributed by atoms with E-state index in [0.717, 1.165) is 12.0 Å². The second-order valence-corrected chi connectivity index (χ2v) is 13.3. The SMILES string of the molecule is CCSCC(NC(=O)OC(C)(C)C)C(=O)N[C@@H](Cc1ccc(O)cc1)C(=O)NC(=O)[C@H](CC(C)C)NCCc1ccccc1. The lowest BCUT2D eigenvalue weighted by molar-refractivity contribution is -0.135. The summed E-state index contributed by atoms with van der Waals surface area (Å²) in [6, 6.07) is 13.4. The molecule has 242 valence electrons. The molecule has 4 amide bonds. The normalized spacial score (nSPS) is 13.4. The molecular formula is C33H48N4O6S. The molecule has 0 saturated heterocycles. The molecule has 0 spiro atoms. The van der Waals surface area contributed by atoms with E-state index in [-0.39, 0.29) is 23.8 Å². The monoisotopic (exact) mass is 628 g/mol. The summed E-state index contributed by atoms with van der Waals surface area (Å²) in [5.41, 5.74) is 1.04. The Kier molecular flexibility index (Phi) is 15.2. The van der Waals surface area contributed by atoms with Crippen LogP contribution >= 0.6 is 11.8 Å². The third kappa shape index (κ3) is 14.3. The van der Waals surface area contributed by atoms with Gasteiger partial charge in [0.2, 0.25) is 17.7 Å². The molecule has 2 aromatic rings. The zero-order valence-electron chi connectivity index (χ0n) is 26.6. The van der Waals surface area contributed by atoms with Gasteiger partial charge in [-0.25, -0.2) is 4.79 Å². The molecule has 11 heteroatoms. The van der Waals surface area contributed by atoms with Crippen molar-refractivity contribution in [2.75, 3.05) is 18.1 Å². The fraction of sp³-hybridized carbons (Fsp3) is 0.515. The van der Waals surface area contributed by atoms with Gasteiger partial charge in [0, 0.05) is 12.2 Å². The Morgan fingerprint density at radius 1 is 0.841 bits per heavy atom. The molecule has 0 aliphatic heterocycles. The van der Waals surface area contributed by atoms with Gasteiger partial charge in [0.25, 0.3) is 0 Å². The molecule has 0 bridgehead atoms. The molecule has 0 aliphatic carbocycles. The van der Waals surface area contributed by atoms with Gasteiger partial charge in [-0.15, -0.1) is 0 Å². The highest BCUT2D eigenvalue weighted by atomic mass is 32.2. The summed E-state index contributed by atoms with van der Waals surface area (Å²) in [4.78, 5) is 52.8. The first-order valence-corrected chi connectivity index (χ1v) is 16.2. The minimum absolute atomic E-state index is 0.0570. The molecule has 0 aromatic heterocycles. The first-order chi connectivity index (χ1) is 20.8. The van der Waals surface area contributed by atoms with Gasteiger partial charge in [-0.1, -0.05) is 63.2 Å². The Bertz CT molecular complexity index is 1200. The summed E-state index contributed by atoms with van der Waals surface area (Å²) < 4.78 is 5.33. The molecule has 0 heterocycles. The number of amides is 4. The van der Waals surface area contributed by atoms with E-state index in [0.29, 0.717) is 24.3 Å². The third-order valence-corrected chi connectivity index (χ3v) is 7.40. The molecule has 2 aromatic carbocycles. The Morgan fingerprint density at radius 3 is 2.07 bits per heavy atom. The molecule has 0 radical (unpaired) electrons. The topological polar surface area (TPSA) is 146 Å². The zero-order chi connectivity index (χ0) is 32.7. The number of rotatable bonds is 16. The van der Waals surface area contributed by atoms with E-state index in [1.807, 2.05) is 51.1 Å². The Morgan fingerprint density at radius 2 is 1.48 bits per heavy atom. The number of carbonyl (C=O) groups is 4. The van der Waals surface area contributed by atoms with E-state index in [2.05, 4.69) is 21.3 Å². The standard InChI is InChI=1S/C33H48N4O6S/c1-7-44-21-28(36-32(42)43-33(4,5)6)31(41)35-27(20-24-13-15-25(38)16-14-24)30(40)37-29(39)26(19-22(2)3)34-18-17-23-11-9-8-10-12-23/h8-16,22,26-28,34,38H,7,17-21H2,1-6H3,(H,35,41)(H,36,42)(H,37,39,40)/t26-,27-,28?/m0/s1. The van der Waals surface area contributed by atoms with Gasteiger partial charge in [-0.05, 0) is 75.1 Å². The molecule has 5 N–H and O–H groups in total. The van der Waals surface area contributed by atoms with Crippen molar-refractivity contribution in [2.24, 2.45) is 5.92 Å². The van der Waals surface area contributed by atoms with Crippen LogP contribution < -0.4 is 21.3 Å². The summed E-state index contributed by atoms with van der Waals surface area (Å²) in [5.74, 6) is -0.516. The van der Waals surface area contributed by atoms with E-state index in [1.165, 1.54) is 23.9 Å². The minimum Gasteiger partial charge on any atom is -0.508 e. The van der Waals surface area contributed by atoms with Crippen LogP contribution in [0.3, 0.4) is 0 Å². The number of hydrogen-bond donors (Lipinski definition) is 5. The van der Waals surface area contributed by atoms with Crippen LogP contribution in [-0.2, 0) is 32.0 Å². The van der Waals surface area contributed by atoms with E-state index in [1.54, 1.807) is 32.9 Å². The summed E-state index contributed by atoms with van der Waals surface area (Å²) >= 11 is 1.45. The van der Waals surface area contributed by atoms with E-state index < -0.39 is 47.5 Å². The fourth-order valence-corrected chi connectivity index (χ4v) is 5.01. The Balaban J connectivity index is 2.20. The van der Waals surface area contributed by atoms with Gasteiger partial charge in [0.05, 0.1) is 6.04 Å². The third-order valence-electron chi connectivity index (χ3n) is 6.42. The quantitative estimate of drug-likeness (QED) is 0.188. The van der Waals surface area contributed by atoms with Crippen molar-refractivity contribution in [3.05, 3.63) is 65.7 Å². The summed E-state index contributed by atoms with van der Waals surface area (Å²) in [7, 11) is 0. The number of alkyl carbamates (subject to hydrolysis) is 1. The zero-order valence-corrected chi connectivity index (χ0v) is 27.5. The number of benzene rings is 2. The van der Waals surface area contributed by atoms with Crippen molar-refractivity contribution in [1.82, 2.24) is 21.3 Å². The molecule has 2 rings (SSSR count). The highest BCUT2D eigenvalue weighted by Crippen LogP contribution is 2.13. The van der Waals surface area contributed by atoms with Crippen LogP contribution in [0.2, 0.25) is 0 Å². The number of nitrogens with one attached hydrogen (secondary N) is 4. The molecule has 1 unspecified atom stereocenters. The van der Waals surface area contributed by atoms with Crippen LogP contribution in [0.1, 0.15) is 59.1 Å². The predicted octanol–water partition coefficient (Wildman–Crippen LogP) is 3.96. The van der Waals surface area contributed by atoms with Gasteiger partial charge in [0.1, 0.15) is 23.4 Å². The van der Waals surface area contributed by atoms with Gasteiger partial charge in [0.15, 0.2) is 0 Å². The molecule has 0 saturated carbocycles. The van der Waals surface area contributed by atoms with Gasteiger partial charge < -0.3 is 25.8 Å². The summed E-state index contributed by atoms with van der Waals surface area (Å²) in [6.07, 6.45) is 0.542.